The van der Waals surface area contributed by atoms with Gasteiger partial charge >= 0.3 is 0 Å². The van der Waals surface area contributed by atoms with Crippen molar-refractivity contribution in [1.82, 2.24) is 4.72 Å². The van der Waals surface area contributed by atoms with Gasteiger partial charge in [0.1, 0.15) is 0 Å². The highest BCUT2D eigenvalue weighted by Crippen LogP contribution is 2.11. The van der Waals surface area contributed by atoms with Crippen molar-refractivity contribution in [3.8, 4) is 0 Å². The molecule has 1 aromatic carbocycles. The summed E-state index contributed by atoms with van der Waals surface area (Å²) < 4.78 is 25.6. The summed E-state index contributed by atoms with van der Waals surface area (Å²) in [5.74, 6) is -1.68. The van der Waals surface area contributed by atoms with Crippen LogP contribution in [-0.2, 0) is 14.8 Å². The van der Waals surface area contributed by atoms with E-state index in [4.69, 9.17) is 0 Å². The van der Waals surface area contributed by atoms with Gasteiger partial charge in [0, 0.05) is 0 Å². The van der Waals surface area contributed by atoms with E-state index < -0.39 is 28.1 Å². The summed E-state index contributed by atoms with van der Waals surface area (Å²) in [5, 5.41) is 19.9. The summed E-state index contributed by atoms with van der Waals surface area (Å²) in [5.41, 5.74) is 0.876. The third kappa shape index (κ3) is 3.52. The monoisotopic (exact) mass is 272 g/mol. The van der Waals surface area contributed by atoms with Crippen LogP contribution in [0, 0.1) is 6.92 Å². The molecule has 7 heteroatoms. The van der Waals surface area contributed by atoms with Crippen LogP contribution in [0.2, 0.25) is 0 Å². The van der Waals surface area contributed by atoms with Gasteiger partial charge in [-0.05, 0) is 26.0 Å². The number of aliphatic hydroxyl groups is 1. The molecule has 2 N–H and O–H groups in total. The lowest BCUT2D eigenvalue weighted by Gasteiger charge is -2.22. The van der Waals surface area contributed by atoms with Crippen molar-refractivity contribution in [1.29, 1.82) is 0 Å². The molecule has 0 heterocycles. The first-order valence-electron chi connectivity index (χ1n) is 5.22. The molecular weight excluding hydrogens is 258 g/mol. The molecule has 0 aromatic heterocycles. The van der Waals surface area contributed by atoms with E-state index in [1.165, 1.54) is 12.1 Å². The number of rotatable bonds is 5. The van der Waals surface area contributed by atoms with Gasteiger partial charge in [0.25, 0.3) is 0 Å². The molecule has 0 amide bonds. The van der Waals surface area contributed by atoms with Gasteiger partial charge < -0.3 is 15.0 Å². The predicted molar refractivity (Wildman–Crippen MR) is 62.0 cm³/mol. The number of carboxylic acids is 1. The van der Waals surface area contributed by atoms with Crippen molar-refractivity contribution in [3.05, 3.63) is 29.8 Å². The molecule has 2 unspecified atom stereocenters. The van der Waals surface area contributed by atoms with Crippen molar-refractivity contribution in [2.24, 2.45) is 0 Å². The van der Waals surface area contributed by atoms with Crippen LogP contribution < -0.4 is 9.83 Å². The van der Waals surface area contributed by atoms with Crippen LogP contribution in [-0.4, -0.2) is 31.6 Å². The minimum absolute atomic E-state index is 0.0694. The Hall–Kier alpha value is -1.44. The molecule has 0 spiro atoms. The molecule has 0 fully saturated rings. The molecule has 6 nitrogen and oxygen atoms in total. The second-order valence-corrected chi connectivity index (χ2v) is 5.69. The molecule has 0 saturated heterocycles. The number of carboxylic acid groups (broad SMARTS) is 1. The lowest BCUT2D eigenvalue weighted by Crippen LogP contribution is -2.53. The standard InChI is InChI=1S/C11H15NO5S/c1-7-3-5-9(6-4-7)18(16,17)12-10(8(2)13)11(14)15/h3-6,8,10,12-13H,1-2H3,(H,14,15)/p-1. The average molecular weight is 272 g/mol. The first-order chi connectivity index (χ1) is 8.24. The minimum atomic E-state index is -4.00. The summed E-state index contributed by atoms with van der Waals surface area (Å²) >= 11 is 0. The van der Waals surface area contributed by atoms with Gasteiger partial charge in [0.2, 0.25) is 10.0 Å². The molecule has 0 radical (unpaired) electrons. The molecule has 0 aliphatic carbocycles. The number of carbonyl (C=O) groups excluding carboxylic acids is 1. The van der Waals surface area contributed by atoms with Gasteiger partial charge in [-0.25, -0.2) is 8.42 Å². The fraction of sp³-hybridized carbons (Fsp3) is 0.364. The number of aliphatic hydroxyl groups excluding tert-OH is 1. The van der Waals surface area contributed by atoms with Gasteiger partial charge in [-0.1, -0.05) is 17.7 Å². The van der Waals surface area contributed by atoms with E-state index in [1.807, 2.05) is 4.72 Å². The first kappa shape index (κ1) is 14.6. The van der Waals surface area contributed by atoms with Crippen LogP contribution in [0.4, 0.5) is 0 Å². The van der Waals surface area contributed by atoms with Crippen LogP contribution in [0.5, 0.6) is 0 Å². The van der Waals surface area contributed by atoms with Crippen molar-refractivity contribution < 1.29 is 23.4 Å². The molecule has 1 rings (SSSR count). The number of nitrogens with one attached hydrogen (secondary N) is 1. The Kier molecular flexibility index (Phi) is 4.44. The summed E-state index contributed by atoms with van der Waals surface area (Å²) in [6, 6.07) is 4.20. The van der Waals surface area contributed by atoms with Gasteiger partial charge in [-0.3, -0.25) is 0 Å². The predicted octanol–water partition coefficient (Wildman–Crippen LogP) is -1.23. The third-order valence-corrected chi connectivity index (χ3v) is 3.81. The zero-order chi connectivity index (χ0) is 13.9. The molecule has 0 aliphatic heterocycles. The average Bonchev–Trinajstić information content (AvgIpc) is 2.26. The largest absolute Gasteiger partial charge is 0.548 e. The zero-order valence-electron chi connectivity index (χ0n) is 9.95. The molecule has 1 aromatic rings. The van der Waals surface area contributed by atoms with E-state index in [0.717, 1.165) is 12.5 Å². The van der Waals surface area contributed by atoms with Crippen LogP contribution in [0.3, 0.4) is 0 Å². The van der Waals surface area contributed by atoms with Gasteiger partial charge in [0.15, 0.2) is 0 Å². The topological polar surface area (TPSA) is 107 Å². The Morgan fingerprint density at radius 2 is 1.83 bits per heavy atom. The smallest absolute Gasteiger partial charge is 0.241 e. The summed E-state index contributed by atoms with van der Waals surface area (Å²) in [6.07, 6.45) is -1.39. The van der Waals surface area contributed by atoms with Crippen LogP contribution in [0.15, 0.2) is 29.2 Å². The molecule has 18 heavy (non-hydrogen) atoms. The maximum Gasteiger partial charge on any atom is 0.241 e. The minimum Gasteiger partial charge on any atom is -0.548 e. The van der Waals surface area contributed by atoms with Crippen LogP contribution >= 0.6 is 0 Å². The van der Waals surface area contributed by atoms with E-state index in [2.05, 4.69) is 0 Å². The second-order valence-electron chi connectivity index (χ2n) is 3.97. The molecule has 2 atom stereocenters. The van der Waals surface area contributed by atoms with Crippen molar-refractivity contribution >= 4 is 16.0 Å². The van der Waals surface area contributed by atoms with Gasteiger partial charge in [0.05, 0.1) is 23.0 Å². The highest BCUT2D eigenvalue weighted by atomic mass is 32.2. The maximum absolute atomic E-state index is 11.8. The molecule has 0 aliphatic rings. The Morgan fingerprint density at radius 3 is 2.22 bits per heavy atom. The number of hydrogen-bond acceptors (Lipinski definition) is 5. The fourth-order valence-electron chi connectivity index (χ4n) is 1.30. The molecule has 100 valence electrons. The highest BCUT2D eigenvalue weighted by molar-refractivity contribution is 7.89. The van der Waals surface area contributed by atoms with E-state index in [9.17, 15) is 23.4 Å². The molecule has 0 bridgehead atoms. The van der Waals surface area contributed by atoms with E-state index in [-0.39, 0.29) is 4.90 Å². The maximum atomic E-state index is 11.8. The number of carbonyl (C=O) groups is 1. The quantitative estimate of drug-likeness (QED) is 0.698. The summed E-state index contributed by atoms with van der Waals surface area (Å²) in [7, 11) is -4.00. The second kappa shape index (κ2) is 5.47. The Balaban J connectivity index is 3.01. The summed E-state index contributed by atoms with van der Waals surface area (Å²) in [6.45, 7) is 2.96. The number of hydrogen-bond donors (Lipinski definition) is 2. The van der Waals surface area contributed by atoms with Gasteiger partial charge in [-0.15, -0.1) is 0 Å². The van der Waals surface area contributed by atoms with E-state index >= 15 is 0 Å². The highest BCUT2D eigenvalue weighted by Gasteiger charge is 2.24. The van der Waals surface area contributed by atoms with E-state index in [1.54, 1.807) is 19.1 Å². The molecular formula is C11H14NO5S-. The van der Waals surface area contributed by atoms with Crippen LogP contribution in [0.1, 0.15) is 12.5 Å². The Morgan fingerprint density at radius 1 is 1.33 bits per heavy atom. The third-order valence-electron chi connectivity index (χ3n) is 2.35. The lowest BCUT2D eigenvalue weighted by atomic mass is 10.2. The molecule has 0 saturated carbocycles. The number of sulfonamides is 1. The normalized spacial score (nSPS) is 15.1. The zero-order valence-corrected chi connectivity index (χ0v) is 10.8. The van der Waals surface area contributed by atoms with Crippen molar-refractivity contribution in [2.75, 3.05) is 0 Å². The van der Waals surface area contributed by atoms with Crippen molar-refractivity contribution in [2.45, 2.75) is 30.9 Å². The number of aryl methyl sites for hydroxylation is 1. The first-order valence-corrected chi connectivity index (χ1v) is 6.70. The number of benzene rings is 1. The van der Waals surface area contributed by atoms with E-state index in [0.29, 0.717) is 0 Å². The summed E-state index contributed by atoms with van der Waals surface area (Å²) in [4.78, 5) is 10.6. The number of aliphatic carboxylic acids is 1. The Labute approximate surface area is 105 Å². The van der Waals surface area contributed by atoms with Crippen LogP contribution in [0.25, 0.3) is 0 Å². The lowest BCUT2D eigenvalue weighted by molar-refractivity contribution is -0.309. The Bertz CT molecular complexity index is 521. The SMILES string of the molecule is Cc1ccc(S(=O)(=O)NC(C(=O)[O-])C(C)O)cc1. The van der Waals surface area contributed by atoms with Gasteiger partial charge in [-0.2, -0.15) is 4.72 Å². The fourth-order valence-corrected chi connectivity index (χ4v) is 2.55. The van der Waals surface area contributed by atoms with Crippen molar-refractivity contribution in [3.63, 3.8) is 0 Å².